The zero-order chi connectivity index (χ0) is 16.7. The molecule has 0 aliphatic carbocycles. The lowest BCUT2D eigenvalue weighted by molar-refractivity contribution is 0.313. The van der Waals surface area contributed by atoms with Crippen LogP contribution in [-0.2, 0) is 13.0 Å². The molecule has 0 unspecified atom stereocenters. The maximum Gasteiger partial charge on any atom is 0.147 e. The summed E-state index contributed by atoms with van der Waals surface area (Å²) in [5, 5.41) is 3.35. The molecule has 0 aliphatic rings. The van der Waals surface area contributed by atoms with E-state index in [1.165, 1.54) is 6.07 Å². The summed E-state index contributed by atoms with van der Waals surface area (Å²) in [5.74, 6) is 0.694. The van der Waals surface area contributed by atoms with Crippen molar-refractivity contribution in [3.63, 3.8) is 0 Å². The van der Waals surface area contributed by atoms with Crippen LogP contribution in [0.4, 0.5) is 4.39 Å². The minimum absolute atomic E-state index is 0.141. The summed E-state index contributed by atoms with van der Waals surface area (Å²) >= 11 is 7.10. The van der Waals surface area contributed by atoms with E-state index in [4.69, 9.17) is 4.74 Å². The largest absolute Gasteiger partial charge is 0.491 e. The standard InChI is InChI=1S/C18H20Br2FNO/c1-2-9-23-18-15(19)10-13(11-16(18)20)12-22-8-7-14-5-3-4-6-17(14)21/h3-6,10-11,22H,2,7-9,12H2,1H3. The lowest BCUT2D eigenvalue weighted by Crippen LogP contribution is -2.17. The van der Waals surface area contributed by atoms with Gasteiger partial charge in [0.2, 0.25) is 0 Å². The Labute approximate surface area is 153 Å². The van der Waals surface area contributed by atoms with Crippen molar-refractivity contribution in [2.75, 3.05) is 13.2 Å². The second kappa shape index (κ2) is 9.40. The topological polar surface area (TPSA) is 21.3 Å². The van der Waals surface area contributed by atoms with Gasteiger partial charge in [-0.05, 0) is 80.6 Å². The lowest BCUT2D eigenvalue weighted by atomic mass is 10.1. The summed E-state index contributed by atoms with van der Waals surface area (Å²) in [6, 6.07) is 11.0. The van der Waals surface area contributed by atoms with Crippen molar-refractivity contribution in [2.24, 2.45) is 0 Å². The number of hydrogen-bond acceptors (Lipinski definition) is 2. The third-order valence-corrected chi connectivity index (χ3v) is 4.54. The molecule has 0 saturated carbocycles. The van der Waals surface area contributed by atoms with Gasteiger partial charge < -0.3 is 10.1 Å². The molecule has 0 bridgehead atoms. The molecule has 124 valence electrons. The molecule has 2 nitrogen and oxygen atoms in total. The van der Waals surface area contributed by atoms with Crippen LogP contribution in [0.2, 0.25) is 0 Å². The summed E-state index contributed by atoms with van der Waals surface area (Å²) < 4.78 is 21.1. The van der Waals surface area contributed by atoms with E-state index < -0.39 is 0 Å². The smallest absolute Gasteiger partial charge is 0.147 e. The molecule has 2 aromatic carbocycles. The van der Waals surface area contributed by atoms with E-state index >= 15 is 0 Å². The van der Waals surface area contributed by atoms with Gasteiger partial charge >= 0.3 is 0 Å². The predicted molar refractivity (Wildman–Crippen MR) is 99.4 cm³/mol. The molecule has 0 heterocycles. The number of ether oxygens (including phenoxy) is 1. The van der Waals surface area contributed by atoms with Crippen LogP contribution in [0.1, 0.15) is 24.5 Å². The molecule has 0 atom stereocenters. The van der Waals surface area contributed by atoms with Gasteiger partial charge in [0.25, 0.3) is 0 Å². The summed E-state index contributed by atoms with van der Waals surface area (Å²) in [5.41, 5.74) is 1.88. The van der Waals surface area contributed by atoms with Crippen LogP contribution in [0.3, 0.4) is 0 Å². The van der Waals surface area contributed by atoms with Crippen molar-refractivity contribution in [2.45, 2.75) is 26.3 Å². The average Bonchev–Trinajstić information content (AvgIpc) is 2.52. The van der Waals surface area contributed by atoms with Crippen LogP contribution in [0, 0.1) is 5.82 Å². The van der Waals surface area contributed by atoms with Gasteiger partial charge in [0, 0.05) is 6.54 Å². The first-order chi connectivity index (χ1) is 11.1. The van der Waals surface area contributed by atoms with Gasteiger partial charge in [-0.2, -0.15) is 0 Å². The van der Waals surface area contributed by atoms with Crippen LogP contribution in [0.25, 0.3) is 0 Å². The highest BCUT2D eigenvalue weighted by Gasteiger charge is 2.09. The molecule has 0 amide bonds. The molecule has 0 spiro atoms. The van der Waals surface area contributed by atoms with E-state index in [9.17, 15) is 4.39 Å². The molecule has 2 aromatic rings. The summed E-state index contributed by atoms with van der Waals surface area (Å²) in [4.78, 5) is 0. The zero-order valence-electron chi connectivity index (χ0n) is 13.0. The SMILES string of the molecule is CCCOc1c(Br)cc(CNCCc2ccccc2F)cc1Br. The van der Waals surface area contributed by atoms with Gasteiger partial charge in [-0.1, -0.05) is 25.1 Å². The van der Waals surface area contributed by atoms with Crippen molar-refractivity contribution < 1.29 is 9.13 Å². The van der Waals surface area contributed by atoms with Crippen molar-refractivity contribution in [1.29, 1.82) is 0 Å². The molecular formula is C18H20Br2FNO. The quantitative estimate of drug-likeness (QED) is 0.545. The Hall–Kier alpha value is -0.910. The first kappa shape index (κ1) is 18.4. The van der Waals surface area contributed by atoms with Crippen molar-refractivity contribution in [3.05, 3.63) is 62.3 Å². The number of hydrogen-bond donors (Lipinski definition) is 1. The van der Waals surface area contributed by atoms with E-state index in [0.29, 0.717) is 13.0 Å². The summed E-state index contributed by atoms with van der Waals surface area (Å²) in [6.45, 7) is 4.22. The predicted octanol–water partition coefficient (Wildman–Crippen LogP) is 5.47. The Bertz CT molecular complexity index is 626. The van der Waals surface area contributed by atoms with E-state index in [1.54, 1.807) is 6.07 Å². The minimum atomic E-state index is -0.141. The van der Waals surface area contributed by atoms with Crippen LogP contribution < -0.4 is 10.1 Å². The first-order valence-electron chi connectivity index (χ1n) is 7.66. The van der Waals surface area contributed by atoms with Gasteiger partial charge in [-0.3, -0.25) is 0 Å². The highest BCUT2D eigenvalue weighted by Crippen LogP contribution is 2.34. The Morgan fingerprint density at radius 2 is 1.83 bits per heavy atom. The van der Waals surface area contributed by atoms with Gasteiger partial charge in [-0.15, -0.1) is 0 Å². The average molecular weight is 445 g/mol. The Morgan fingerprint density at radius 1 is 1.13 bits per heavy atom. The molecule has 0 saturated heterocycles. The molecule has 5 heteroatoms. The second-order valence-corrected chi connectivity index (χ2v) is 6.96. The molecule has 0 aromatic heterocycles. The van der Waals surface area contributed by atoms with Crippen molar-refractivity contribution in [3.8, 4) is 5.75 Å². The van der Waals surface area contributed by atoms with Crippen molar-refractivity contribution in [1.82, 2.24) is 5.32 Å². The van der Waals surface area contributed by atoms with Crippen LogP contribution in [-0.4, -0.2) is 13.2 Å². The first-order valence-corrected chi connectivity index (χ1v) is 9.25. The van der Waals surface area contributed by atoms with Gasteiger partial charge in [0.1, 0.15) is 11.6 Å². The fourth-order valence-corrected chi connectivity index (χ4v) is 3.72. The lowest BCUT2D eigenvalue weighted by Gasteiger charge is -2.12. The molecule has 0 aliphatic heterocycles. The Kier molecular flexibility index (Phi) is 7.53. The maximum absolute atomic E-state index is 13.5. The van der Waals surface area contributed by atoms with E-state index in [2.05, 4.69) is 44.1 Å². The number of rotatable bonds is 8. The molecule has 2 rings (SSSR count). The monoisotopic (exact) mass is 443 g/mol. The minimum Gasteiger partial charge on any atom is -0.491 e. The van der Waals surface area contributed by atoms with Crippen LogP contribution in [0.15, 0.2) is 45.3 Å². The number of benzene rings is 2. The molecule has 1 N–H and O–H groups in total. The van der Waals surface area contributed by atoms with Gasteiger partial charge in [0.05, 0.1) is 15.6 Å². The second-order valence-electron chi connectivity index (χ2n) is 5.26. The van der Waals surface area contributed by atoms with E-state index in [-0.39, 0.29) is 5.82 Å². The van der Waals surface area contributed by atoms with Crippen molar-refractivity contribution >= 4 is 31.9 Å². The van der Waals surface area contributed by atoms with Gasteiger partial charge in [0.15, 0.2) is 0 Å². The fraction of sp³-hybridized carbons (Fsp3) is 0.333. The van der Waals surface area contributed by atoms with Crippen LogP contribution in [0.5, 0.6) is 5.75 Å². The summed E-state index contributed by atoms with van der Waals surface area (Å²) in [6.07, 6.45) is 1.64. The van der Waals surface area contributed by atoms with E-state index in [1.807, 2.05) is 24.3 Å². The molecule has 0 radical (unpaired) electrons. The maximum atomic E-state index is 13.5. The highest BCUT2D eigenvalue weighted by atomic mass is 79.9. The Balaban J connectivity index is 1.87. The van der Waals surface area contributed by atoms with Crippen LogP contribution >= 0.6 is 31.9 Å². The number of halogens is 3. The number of nitrogens with one attached hydrogen (secondary N) is 1. The fourth-order valence-electron chi connectivity index (χ4n) is 2.21. The third kappa shape index (κ3) is 5.59. The zero-order valence-corrected chi connectivity index (χ0v) is 16.2. The molecular weight excluding hydrogens is 425 g/mol. The normalized spacial score (nSPS) is 10.8. The Morgan fingerprint density at radius 3 is 2.48 bits per heavy atom. The highest BCUT2D eigenvalue weighted by molar-refractivity contribution is 9.11. The van der Waals surface area contributed by atoms with E-state index in [0.717, 1.165) is 45.3 Å². The molecule has 0 fully saturated rings. The van der Waals surface area contributed by atoms with Gasteiger partial charge in [-0.25, -0.2) is 4.39 Å². The third-order valence-electron chi connectivity index (χ3n) is 3.37. The molecule has 23 heavy (non-hydrogen) atoms. The summed E-state index contributed by atoms with van der Waals surface area (Å²) in [7, 11) is 0.